The van der Waals surface area contributed by atoms with Crippen LogP contribution >= 0.6 is 61.5 Å². The van der Waals surface area contributed by atoms with E-state index in [0.717, 1.165) is 8.81 Å². The molecule has 1 N–H and O–H groups in total. The van der Waals surface area contributed by atoms with E-state index in [4.69, 9.17) is 11.6 Å². The highest BCUT2D eigenvalue weighted by molar-refractivity contribution is 14.1. The Hall–Kier alpha value is 0.380. The molecule has 0 saturated carbocycles. The summed E-state index contributed by atoms with van der Waals surface area (Å²) in [6.45, 7) is 2.13. The molecule has 0 aliphatic rings. The van der Waals surface area contributed by atoms with Crippen LogP contribution < -0.4 is 5.32 Å². The van der Waals surface area contributed by atoms with E-state index < -0.39 is 0 Å². The summed E-state index contributed by atoms with van der Waals surface area (Å²) < 4.78 is 3.06. The molecule has 1 atom stereocenters. The highest BCUT2D eigenvalue weighted by Crippen LogP contribution is 2.38. The van der Waals surface area contributed by atoms with E-state index in [0.29, 0.717) is 0 Å². The first kappa shape index (κ1) is 14.8. The molecule has 0 spiro atoms. The number of thiophene rings is 1. The third-order valence-corrected chi connectivity index (χ3v) is 6.78. The molecule has 0 saturated heterocycles. The van der Waals surface area contributed by atoms with Crippen molar-refractivity contribution in [3.63, 3.8) is 0 Å². The minimum atomic E-state index is 0.186. The summed E-state index contributed by atoms with van der Waals surface area (Å²) in [6.07, 6.45) is 0. The van der Waals surface area contributed by atoms with Gasteiger partial charge in [-0.3, -0.25) is 0 Å². The van der Waals surface area contributed by atoms with Gasteiger partial charge in [-0.25, -0.2) is 0 Å². The fraction of sp³-hybridized carbons (Fsp3) is 0.231. The van der Waals surface area contributed by atoms with Crippen molar-refractivity contribution >= 4 is 61.5 Å². The third kappa shape index (κ3) is 2.93. The van der Waals surface area contributed by atoms with Gasteiger partial charge in [0.25, 0.3) is 0 Å². The van der Waals surface area contributed by atoms with E-state index in [1.54, 1.807) is 11.3 Å². The smallest absolute Gasteiger partial charge is 0.107 e. The second-order valence-electron chi connectivity index (χ2n) is 3.97. The molecular formula is C13H12BrClINS. The van der Waals surface area contributed by atoms with Crippen LogP contribution in [0.3, 0.4) is 0 Å². The number of hydrogen-bond donors (Lipinski definition) is 1. The van der Waals surface area contributed by atoms with E-state index in [1.807, 2.05) is 7.05 Å². The molecule has 0 aliphatic carbocycles. The minimum absolute atomic E-state index is 0.186. The van der Waals surface area contributed by atoms with Gasteiger partial charge >= 0.3 is 0 Å². The normalized spacial score (nSPS) is 12.7. The van der Waals surface area contributed by atoms with Crippen molar-refractivity contribution in [2.24, 2.45) is 0 Å². The van der Waals surface area contributed by atoms with Crippen LogP contribution in [0.15, 0.2) is 28.7 Å². The topological polar surface area (TPSA) is 12.0 Å². The van der Waals surface area contributed by atoms with Gasteiger partial charge < -0.3 is 5.32 Å². The fourth-order valence-corrected chi connectivity index (χ4v) is 4.39. The molecular weight excluding hydrogens is 444 g/mol. The third-order valence-electron chi connectivity index (χ3n) is 2.77. The Kier molecular flexibility index (Phi) is 5.11. The van der Waals surface area contributed by atoms with E-state index in [-0.39, 0.29) is 6.04 Å². The number of rotatable bonds is 3. The van der Waals surface area contributed by atoms with Crippen LogP contribution in [0, 0.1) is 10.5 Å². The molecule has 2 rings (SSSR count). The van der Waals surface area contributed by atoms with Crippen molar-refractivity contribution in [3.05, 3.63) is 52.6 Å². The van der Waals surface area contributed by atoms with Crippen LogP contribution in [0.4, 0.5) is 0 Å². The molecule has 1 aromatic heterocycles. The van der Waals surface area contributed by atoms with Crippen molar-refractivity contribution in [2.75, 3.05) is 7.05 Å². The summed E-state index contributed by atoms with van der Waals surface area (Å²) in [7, 11) is 1.98. The Balaban J connectivity index is 2.48. The van der Waals surface area contributed by atoms with E-state index in [2.05, 4.69) is 75.0 Å². The molecule has 1 nitrogen and oxygen atoms in total. The molecule has 0 bridgehead atoms. The second-order valence-corrected chi connectivity index (χ2v) is 7.59. The predicted octanol–water partition coefficient (Wildman–Crippen LogP) is 5.39. The SMILES string of the molecule is CNC(c1cc(Br)c(Cl)s1)c1cccc(C)c1I. The molecule has 0 radical (unpaired) electrons. The highest BCUT2D eigenvalue weighted by Gasteiger charge is 2.19. The Bertz CT molecular complexity index is 551. The molecule has 18 heavy (non-hydrogen) atoms. The van der Waals surface area contributed by atoms with Gasteiger partial charge in [-0.2, -0.15) is 0 Å². The van der Waals surface area contributed by atoms with Gasteiger partial charge in [-0.15, -0.1) is 11.3 Å². The molecule has 0 fully saturated rings. The molecule has 2 aromatic rings. The van der Waals surface area contributed by atoms with Crippen molar-refractivity contribution in [3.8, 4) is 0 Å². The lowest BCUT2D eigenvalue weighted by Gasteiger charge is -2.17. The van der Waals surface area contributed by atoms with Crippen LogP contribution in [-0.2, 0) is 0 Å². The summed E-state index contributed by atoms with van der Waals surface area (Å²) in [6, 6.07) is 8.67. The van der Waals surface area contributed by atoms with Crippen LogP contribution in [0.2, 0.25) is 4.34 Å². The largest absolute Gasteiger partial charge is 0.309 e. The molecule has 1 heterocycles. The number of benzene rings is 1. The summed E-state index contributed by atoms with van der Waals surface area (Å²) >= 11 is 13.6. The fourth-order valence-electron chi connectivity index (χ4n) is 1.85. The summed E-state index contributed by atoms with van der Waals surface area (Å²) in [4.78, 5) is 1.22. The molecule has 0 amide bonds. The van der Waals surface area contributed by atoms with Gasteiger partial charge in [0.05, 0.1) is 6.04 Å². The molecule has 96 valence electrons. The lowest BCUT2D eigenvalue weighted by atomic mass is 10.0. The zero-order valence-electron chi connectivity index (χ0n) is 9.93. The number of halogens is 3. The van der Waals surface area contributed by atoms with Crippen LogP contribution in [0.25, 0.3) is 0 Å². The van der Waals surface area contributed by atoms with Gasteiger partial charge in [-0.05, 0) is 69.7 Å². The number of nitrogens with one attached hydrogen (secondary N) is 1. The average molecular weight is 457 g/mol. The monoisotopic (exact) mass is 455 g/mol. The maximum Gasteiger partial charge on any atom is 0.107 e. The summed E-state index contributed by atoms with van der Waals surface area (Å²) in [5.41, 5.74) is 2.60. The Morgan fingerprint density at radius 3 is 2.72 bits per heavy atom. The zero-order valence-corrected chi connectivity index (χ0v) is 15.2. The first-order valence-corrected chi connectivity index (χ1v) is 8.48. The van der Waals surface area contributed by atoms with Crippen molar-refractivity contribution < 1.29 is 0 Å². The van der Waals surface area contributed by atoms with Gasteiger partial charge in [0.1, 0.15) is 4.34 Å². The van der Waals surface area contributed by atoms with Crippen molar-refractivity contribution in [1.29, 1.82) is 0 Å². The maximum absolute atomic E-state index is 6.13. The predicted molar refractivity (Wildman–Crippen MR) is 91.8 cm³/mol. The standard InChI is InChI=1S/C13H12BrClINS/c1-7-4-3-5-8(11(7)16)12(17-2)10-6-9(14)13(15)18-10/h3-6,12,17H,1-2H3. The first-order chi connectivity index (χ1) is 8.54. The highest BCUT2D eigenvalue weighted by atomic mass is 127. The lowest BCUT2D eigenvalue weighted by molar-refractivity contribution is 0.699. The first-order valence-electron chi connectivity index (χ1n) is 5.41. The van der Waals surface area contributed by atoms with Crippen molar-refractivity contribution in [2.45, 2.75) is 13.0 Å². The molecule has 1 aromatic carbocycles. The van der Waals surface area contributed by atoms with Gasteiger partial charge in [-0.1, -0.05) is 29.8 Å². The summed E-state index contributed by atoms with van der Waals surface area (Å²) in [5.74, 6) is 0. The number of aryl methyl sites for hydroxylation is 1. The Labute approximate surface area is 138 Å². The van der Waals surface area contributed by atoms with E-state index in [1.165, 1.54) is 19.6 Å². The minimum Gasteiger partial charge on any atom is -0.309 e. The number of hydrogen-bond acceptors (Lipinski definition) is 2. The zero-order chi connectivity index (χ0) is 13.3. The van der Waals surface area contributed by atoms with Crippen molar-refractivity contribution in [1.82, 2.24) is 5.32 Å². The van der Waals surface area contributed by atoms with Crippen LogP contribution in [0.5, 0.6) is 0 Å². The quantitative estimate of drug-likeness (QED) is 0.611. The van der Waals surface area contributed by atoms with Crippen LogP contribution in [-0.4, -0.2) is 7.05 Å². The second kappa shape index (κ2) is 6.22. The summed E-state index contributed by atoms with van der Waals surface area (Å²) in [5, 5.41) is 3.37. The lowest BCUT2D eigenvalue weighted by Crippen LogP contribution is -2.17. The molecule has 0 aliphatic heterocycles. The van der Waals surface area contributed by atoms with Crippen LogP contribution in [0.1, 0.15) is 22.0 Å². The molecule has 1 unspecified atom stereocenters. The van der Waals surface area contributed by atoms with E-state index in [9.17, 15) is 0 Å². The van der Waals surface area contributed by atoms with Gasteiger partial charge in [0, 0.05) is 12.9 Å². The van der Waals surface area contributed by atoms with Gasteiger partial charge in [0.15, 0.2) is 0 Å². The average Bonchev–Trinajstić information content (AvgIpc) is 2.66. The van der Waals surface area contributed by atoms with Gasteiger partial charge in [0.2, 0.25) is 0 Å². The van der Waals surface area contributed by atoms with E-state index >= 15 is 0 Å². The Morgan fingerprint density at radius 1 is 1.44 bits per heavy atom. The molecule has 5 heteroatoms. The Morgan fingerprint density at radius 2 is 2.17 bits per heavy atom. The maximum atomic E-state index is 6.13.